The Morgan fingerprint density at radius 1 is 1.43 bits per heavy atom. The van der Waals surface area contributed by atoms with Crippen molar-refractivity contribution in [2.45, 2.75) is 31.2 Å². The van der Waals surface area contributed by atoms with Gasteiger partial charge in [0.2, 0.25) is 10.0 Å². The number of aryl methyl sites for hydroxylation is 1. The lowest BCUT2D eigenvalue weighted by atomic mass is 9.96. The molecule has 21 heavy (non-hydrogen) atoms. The number of benzene rings is 1. The van der Waals surface area contributed by atoms with Gasteiger partial charge in [0.05, 0.1) is 9.82 Å². The number of nitro benzene ring substituents is 1. The summed E-state index contributed by atoms with van der Waals surface area (Å²) in [4.78, 5) is 10.3. The van der Waals surface area contributed by atoms with Crippen molar-refractivity contribution in [3.05, 3.63) is 33.9 Å². The first-order valence-electron chi connectivity index (χ1n) is 6.74. The Morgan fingerprint density at radius 3 is 2.67 bits per heavy atom. The Labute approximate surface area is 123 Å². The SMILES string of the molecule is Cc1ccc(S(=O)(=O)N2CCC(N)C(C)C2)cc1[N+](=O)[O-]. The van der Waals surface area contributed by atoms with E-state index in [0.717, 1.165) is 6.07 Å². The van der Waals surface area contributed by atoms with Crippen LogP contribution in [0.4, 0.5) is 5.69 Å². The van der Waals surface area contributed by atoms with Crippen LogP contribution in [0.2, 0.25) is 0 Å². The minimum Gasteiger partial charge on any atom is -0.327 e. The van der Waals surface area contributed by atoms with E-state index < -0.39 is 14.9 Å². The predicted molar refractivity (Wildman–Crippen MR) is 78.3 cm³/mol. The van der Waals surface area contributed by atoms with Crippen molar-refractivity contribution >= 4 is 15.7 Å². The molecule has 116 valence electrons. The molecular formula is C13H19N3O4S. The van der Waals surface area contributed by atoms with Crippen LogP contribution in [0, 0.1) is 23.0 Å². The molecule has 0 aromatic heterocycles. The first-order valence-corrected chi connectivity index (χ1v) is 8.18. The van der Waals surface area contributed by atoms with Gasteiger partial charge < -0.3 is 5.73 Å². The van der Waals surface area contributed by atoms with Crippen LogP contribution in [0.25, 0.3) is 0 Å². The molecule has 0 radical (unpaired) electrons. The average Bonchev–Trinajstić information content (AvgIpc) is 2.41. The molecule has 2 unspecified atom stereocenters. The van der Waals surface area contributed by atoms with E-state index in [1.165, 1.54) is 16.4 Å². The van der Waals surface area contributed by atoms with Gasteiger partial charge in [-0.1, -0.05) is 13.0 Å². The van der Waals surface area contributed by atoms with Crippen LogP contribution in [-0.4, -0.2) is 36.8 Å². The van der Waals surface area contributed by atoms with Crippen molar-refractivity contribution in [1.82, 2.24) is 4.31 Å². The number of piperidine rings is 1. The Kier molecular flexibility index (Phi) is 4.31. The second-order valence-electron chi connectivity index (χ2n) is 5.50. The number of hydrogen-bond acceptors (Lipinski definition) is 5. The van der Waals surface area contributed by atoms with Crippen LogP contribution in [0.5, 0.6) is 0 Å². The van der Waals surface area contributed by atoms with E-state index in [1.807, 2.05) is 6.92 Å². The van der Waals surface area contributed by atoms with Gasteiger partial charge in [-0.05, 0) is 25.3 Å². The van der Waals surface area contributed by atoms with Crippen LogP contribution in [0.1, 0.15) is 18.9 Å². The fraction of sp³-hybridized carbons (Fsp3) is 0.538. The molecule has 1 aliphatic rings. The largest absolute Gasteiger partial charge is 0.327 e. The van der Waals surface area contributed by atoms with E-state index in [-0.39, 0.29) is 22.5 Å². The van der Waals surface area contributed by atoms with Crippen molar-refractivity contribution in [3.8, 4) is 0 Å². The number of rotatable bonds is 3. The van der Waals surface area contributed by atoms with Crippen LogP contribution < -0.4 is 5.73 Å². The molecule has 0 spiro atoms. The molecule has 1 aromatic rings. The molecular weight excluding hydrogens is 294 g/mol. The molecule has 2 rings (SSSR count). The summed E-state index contributed by atoms with van der Waals surface area (Å²) in [5.74, 6) is 0.0639. The first kappa shape index (κ1) is 15.9. The Balaban J connectivity index is 2.36. The third kappa shape index (κ3) is 3.07. The van der Waals surface area contributed by atoms with Crippen molar-refractivity contribution in [3.63, 3.8) is 0 Å². The molecule has 7 nitrogen and oxygen atoms in total. The lowest BCUT2D eigenvalue weighted by Crippen LogP contribution is -2.48. The lowest BCUT2D eigenvalue weighted by Gasteiger charge is -2.34. The normalized spacial score (nSPS) is 24.0. The van der Waals surface area contributed by atoms with Crippen LogP contribution in [0.3, 0.4) is 0 Å². The number of nitrogens with zero attached hydrogens (tertiary/aromatic N) is 2. The molecule has 1 heterocycles. The highest BCUT2D eigenvalue weighted by atomic mass is 32.2. The third-order valence-corrected chi connectivity index (χ3v) is 5.81. The maximum atomic E-state index is 12.6. The molecule has 1 aliphatic heterocycles. The van der Waals surface area contributed by atoms with Gasteiger partial charge in [0.1, 0.15) is 0 Å². The van der Waals surface area contributed by atoms with Gasteiger partial charge in [0, 0.05) is 30.8 Å². The number of sulfonamides is 1. The second kappa shape index (κ2) is 5.70. The monoisotopic (exact) mass is 313 g/mol. The minimum atomic E-state index is -3.72. The smallest absolute Gasteiger partial charge is 0.273 e. The summed E-state index contributed by atoms with van der Waals surface area (Å²) >= 11 is 0. The standard InChI is InChI=1S/C13H19N3O4S/c1-9-3-4-11(7-13(9)16(17)18)21(19,20)15-6-5-12(14)10(2)8-15/h3-4,7,10,12H,5-6,8,14H2,1-2H3. The van der Waals surface area contributed by atoms with Crippen LogP contribution >= 0.6 is 0 Å². The zero-order valence-electron chi connectivity index (χ0n) is 12.0. The molecule has 1 saturated heterocycles. The van der Waals surface area contributed by atoms with Crippen LogP contribution in [0.15, 0.2) is 23.1 Å². The highest BCUT2D eigenvalue weighted by molar-refractivity contribution is 7.89. The predicted octanol–water partition coefficient (Wildman–Crippen LogP) is 1.26. The van der Waals surface area contributed by atoms with E-state index in [0.29, 0.717) is 25.1 Å². The van der Waals surface area contributed by atoms with E-state index in [9.17, 15) is 18.5 Å². The average molecular weight is 313 g/mol. The Morgan fingerprint density at radius 2 is 2.10 bits per heavy atom. The van der Waals surface area contributed by atoms with Gasteiger partial charge in [-0.15, -0.1) is 0 Å². The Hall–Kier alpha value is -1.51. The molecule has 0 aliphatic carbocycles. The summed E-state index contributed by atoms with van der Waals surface area (Å²) in [5.41, 5.74) is 6.15. The van der Waals surface area contributed by atoms with Gasteiger partial charge in [-0.2, -0.15) is 4.31 Å². The van der Waals surface area contributed by atoms with Crippen molar-refractivity contribution in [1.29, 1.82) is 0 Å². The quantitative estimate of drug-likeness (QED) is 0.668. The number of nitrogens with two attached hydrogens (primary N) is 1. The molecule has 2 atom stereocenters. The van der Waals surface area contributed by atoms with E-state index >= 15 is 0 Å². The third-order valence-electron chi connectivity index (χ3n) is 3.95. The fourth-order valence-electron chi connectivity index (χ4n) is 2.44. The number of hydrogen-bond donors (Lipinski definition) is 1. The summed E-state index contributed by atoms with van der Waals surface area (Å²) in [6.07, 6.45) is 0.592. The molecule has 2 N–H and O–H groups in total. The van der Waals surface area contributed by atoms with E-state index in [1.54, 1.807) is 6.92 Å². The molecule has 0 bridgehead atoms. The summed E-state index contributed by atoms with van der Waals surface area (Å²) in [7, 11) is -3.72. The Bertz CT molecular complexity index is 659. The molecule has 8 heteroatoms. The highest BCUT2D eigenvalue weighted by Gasteiger charge is 2.32. The van der Waals surface area contributed by atoms with Crippen LogP contribution in [-0.2, 0) is 10.0 Å². The van der Waals surface area contributed by atoms with E-state index in [2.05, 4.69) is 0 Å². The zero-order valence-corrected chi connectivity index (χ0v) is 12.8. The highest BCUT2D eigenvalue weighted by Crippen LogP contribution is 2.27. The minimum absolute atomic E-state index is 0.0104. The van der Waals surface area contributed by atoms with Gasteiger partial charge in [0.15, 0.2) is 0 Å². The van der Waals surface area contributed by atoms with Gasteiger partial charge in [-0.25, -0.2) is 8.42 Å². The molecule has 1 aromatic carbocycles. The maximum absolute atomic E-state index is 12.6. The summed E-state index contributed by atoms with van der Waals surface area (Å²) in [5, 5.41) is 11.0. The fourth-order valence-corrected chi connectivity index (χ4v) is 4.02. The van der Waals surface area contributed by atoms with Gasteiger partial charge in [-0.3, -0.25) is 10.1 Å². The first-order chi connectivity index (χ1) is 9.73. The molecule has 0 saturated carbocycles. The summed E-state index contributed by atoms with van der Waals surface area (Å²) < 4.78 is 26.5. The summed E-state index contributed by atoms with van der Waals surface area (Å²) in [6.45, 7) is 4.17. The van der Waals surface area contributed by atoms with Gasteiger partial charge in [0.25, 0.3) is 5.69 Å². The molecule has 1 fully saturated rings. The molecule has 0 amide bonds. The number of nitro groups is 1. The van der Waals surface area contributed by atoms with Crippen molar-refractivity contribution in [2.75, 3.05) is 13.1 Å². The van der Waals surface area contributed by atoms with Crippen molar-refractivity contribution in [2.24, 2.45) is 11.7 Å². The summed E-state index contributed by atoms with van der Waals surface area (Å²) in [6, 6.07) is 3.99. The second-order valence-corrected chi connectivity index (χ2v) is 7.44. The van der Waals surface area contributed by atoms with Gasteiger partial charge >= 0.3 is 0 Å². The lowest BCUT2D eigenvalue weighted by molar-refractivity contribution is -0.385. The zero-order chi connectivity index (χ0) is 15.8. The van der Waals surface area contributed by atoms with E-state index in [4.69, 9.17) is 5.73 Å². The maximum Gasteiger partial charge on any atom is 0.273 e. The topological polar surface area (TPSA) is 107 Å². The van der Waals surface area contributed by atoms with Crippen molar-refractivity contribution < 1.29 is 13.3 Å².